The lowest BCUT2D eigenvalue weighted by Crippen LogP contribution is -2.46. The predicted octanol–water partition coefficient (Wildman–Crippen LogP) is 2.34. The number of thiol groups is 1. The highest BCUT2D eigenvalue weighted by Crippen LogP contribution is 2.49. The summed E-state index contributed by atoms with van der Waals surface area (Å²) >= 11 is 4.72. The molecule has 1 spiro atoms. The van der Waals surface area contributed by atoms with Gasteiger partial charge < -0.3 is 5.73 Å². The van der Waals surface area contributed by atoms with Crippen LogP contribution in [0, 0.1) is 5.41 Å². The van der Waals surface area contributed by atoms with Gasteiger partial charge in [0.05, 0.1) is 18.3 Å². The lowest BCUT2D eigenvalue weighted by Gasteiger charge is -2.33. The molecular formula is C23H29N7O3S. The normalized spacial score (nSPS) is 26.4. The first kappa shape index (κ1) is 22.7. The van der Waals surface area contributed by atoms with Crippen LogP contribution in [0.1, 0.15) is 50.0 Å². The van der Waals surface area contributed by atoms with E-state index in [0.717, 1.165) is 19.3 Å². The molecule has 2 aromatic heterocycles. The van der Waals surface area contributed by atoms with Crippen molar-refractivity contribution in [2.75, 3.05) is 27.8 Å². The van der Waals surface area contributed by atoms with E-state index < -0.39 is 16.9 Å². The number of primary amides is 1. The maximum Gasteiger partial charge on any atom is 0.330 e. The molecule has 5 rings (SSSR count). The van der Waals surface area contributed by atoms with Crippen LogP contribution in [-0.4, -0.2) is 56.5 Å². The van der Waals surface area contributed by atoms with Crippen LogP contribution in [-0.2, 0) is 11.8 Å². The number of hydrogen-bond donors (Lipinski definition) is 2. The summed E-state index contributed by atoms with van der Waals surface area (Å²) in [4.78, 5) is 48.2. The fraction of sp³-hybridized carbons (Fsp3) is 0.522. The van der Waals surface area contributed by atoms with Crippen LogP contribution in [0.4, 0.5) is 22.1 Å². The topological polar surface area (TPSA) is 118 Å². The Hall–Kier alpha value is -3.08. The lowest BCUT2D eigenvalue weighted by molar-refractivity contribution is -0.124. The molecule has 2 unspecified atom stereocenters. The van der Waals surface area contributed by atoms with E-state index in [1.54, 1.807) is 44.8 Å². The van der Waals surface area contributed by atoms with Gasteiger partial charge in [-0.15, -0.1) is 0 Å². The summed E-state index contributed by atoms with van der Waals surface area (Å²) in [6.45, 7) is 4.81. The molecule has 11 heteroatoms. The number of amides is 4. The van der Waals surface area contributed by atoms with Gasteiger partial charge in [0.25, 0.3) is 5.91 Å². The van der Waals surface area contributed by atoms with Crippen molar-refractivity contribution in [3.63, 3.8) is 0 Å². The lowest BCUT2D eigenvalue weighted by atomic mass is 9.92. The Morgan fingerprint density at radius 1 is 1.21 bits per heavy atom. The van der Waals surface area contributed by atoms with Gasteiger partial charge >= 0.3 is 6.03 Å². The predicted molar refractivity (Wildman–Crippen MR) is 131 cm³/mol. The largest absolute Gasteiger partial charge is 0.364 e. The molecule has 3 fully saturated rings. The number of hydrogen-bond acceptors (Lipinski definition) is 6. The van der Waals surface area contributed by atoms with Crippen molar-refractivity contribution in [1.29, 1.82) is 0 Å². The Labute approximate surface area is 203 Å². The molecule has 180 valence electrons. The fourth-order valence-corrected chi connectivity index (χ4v) is 5.88. The second-order valence-electron chi connectivity index (χ2n) is 10.2. The van der Waals surface area contributed by atoms with Crippen LogP contribution in [0.25, 0.3) is 0 Å². The number of pyridine rings is 1. The molecular weight excluding hydrogens is 454 g/mol. The van der Waals surface area contributed by atoms with Crippen molar-refractivity contribution in [3.05, 3.63) is 30.1 Å². The van der Waals surface area contributed by atoms with E-state index in [1.165, 1.54) is 6.07 Å². The van der Waals surface area contributed by atoms with Crippen molar-refractivity contribution in [2.24, 2.45) is 18.2 Å². The molecule has 2 aromatic rings. The summed E-state index contributed by atoms with van der Waals surface area (Å²) in [5.41, 5.74) is 5.13. The Balaban J connectivity index is 1.60. The number of urea groups is 1. The van der Waals surface area contributed by atoms with Crippen molar-refractivity contribution in [1.82, 2.24) is 14.8 Å². The molecule has 2 N–H and O–H groups in total. The maximum absolute atomic E-state index is 14.0. The molecule has 0 radical (unpaired) electrons. The zero-order valence-electron chi connectivity index (χ0n) is 19.6. The number of nitrogens with two attached hydrogens (primary N) is 1. The molecule has 1 aliphatic carbocycles. The third kappa shape index (κ3) is 3.44. The van der Waals surface area contributed by atoms with Crippen LogP contribution < -0.4 is 20.4 Å². The van der Waals surface area contributed by atoms with Gasteiger partial charge in [0.15, 0.2) is 5.82 Å². The first-order chi connectivity index (χ1) is 16.0. The second-order valence-corrected chi connectivity index (χ2v) is 10.9. The molecule has 34 heavy (non-hydrogen) atoms. The molecule has 4 amide bonds. The van der Waals surface area contributed by atoms with Gasteiger partial charge in [-0.3, -0.25) is 29.0 Å². The fourth-order valence-electron chi connectivity index (χ4n) is 5.41. The van der Waals surface area contributed by atoms with Crippen molar-refractivity contribution in [3.8, 4) is 0 Å². The van der Waals surface area contributed by atoms with E-state index in [-0.39, 0.29) is 22.9 Å². The minimum Gasteiger partial charge on any atom is -0.364 e. The minimum absolute atomic E-state index is 0.000628. The number of anilines is 3. The Kier molecular flexibility index (Phi) is 5.16. The number of rotatable bonds is 4. The monoisotopic (exact) mass is 483 g/mol. The van der Waals surface area contributed by atoms with Gasteiger partial charge in [0.1, 0.15) is 17.2 Å². The standard InChI is InChI=1S/C23H29N7O3S/c1-22(2)9-10-28(20(22)32)19-16(12-27(3)26-19)30-21(33)29(13-23(30)8-7-14(34)11-23)17-6-4-5-15(25-17)18(24)31/h4-6,12,14,34H,7-11,13H2,1-3H3,(H2,24,31). The minimum atomic E-state index is -0.652. The molecule has 4 heterocycles. The highest BCUT2D eigenvalue weighted by atomic mass is 32.1. The van der Waals surface area contributed by atoms with Gasteiger partial charge in [0, 0.05) is 24.3 Å². The second kappa shape index (κ2) is 7.72. The van der Waals surface area contributed by atoms with Gasteiger partial charge in [-0.2, -0.15) is 17.7 Å². The third-order valence-electron chi connectivity index (χ3n) is 7.24. The van der Waals surface area contributed by atoms with Crippen molar-refractivity contribution < 1.29 is 14.4 Å². The first-order valence-corrected chi connectivity index (χ1v) is 12.0. The highest BCUT2D eigenvalue weighted by Gasteiger charge is 2.56. The average Bonchev–Trinajstić information content (AvgIpc) is 3.49. The van der Waals surface area contributed by atoms with Gasteiger partial charge in [-0.25, -0.2) is 9.78 Å². The van der Waals surface area contributed by atoms with Crippen LogP contribution >= 0.6 is 12.6 Å². The molecule has 2 aliphatic heterocycles. The van der Waals surface area contributed by atoms with Crippen LogP contribution in [0.3, 0.4) is 0 Å². The average molecular weight is 484 g/mol. The van der Waals surface area contributed by atoms with E-state index >= 15 is 0 Å². The zero-order valence-corrected chi connectivity index (χ0v) is 20.5. The molecule has 3 aliphatic rings. The third-order valence-corrected chi connectivity index (χ3v) is 7.68. The van der Waals surface area contributed by atoms with Crippen LogP contribution in [0.15, 0.2) is 24.4 Å². The van der Waals surface area contributed by atoms with E-state index in [2.05, 4.69) is 10.1 Å². The van der Waals surface area contributed by atoms with Crippen molar-refractivity contribution >= 4 is 47.8 Å². The first-order valence-electron chi connectivity index (χ1n) is 11.4. The van der Waals surface area contributed by atoms with Crippen molar-refractivity contribution in [2.45, 2.75) is 50.3 Å². The summed E-state index contributed by atoms with van der Waals surface area (Å²) in [6, 6.07) is 4.63. The zero-order chi connectivity index (χ0) is 24.4. The van der Waals surface area contributed by atoms with E-state index in [1.807, 2.05) is 13.8 Å². The molecule has 0 bridgehead atoms. The number of carbonyl (C=O) groups is 3. The quantitative estimate of drug-likeness (QED) is 0.648. The summed E-state index contributed by atoms with van der Waals surface area (Å²) in [7, 11) is 1.79. The summed E-state index contributed by atoms with van der Waals surface area (Å²) < 4.78 is 1.64. The SMILES string of the molecule is Cn1cc(N2C(=O)N(c3cccc(C(N)=O)n3)CC23CCC(S)C3)c(N2CCC(C)(C)C2=O)n1. The van der Waals surface area contributed by atoms with Gasteiger partial charge in [0.2, 0.25) is 5.91 Å². The van der Waals surface area contributed by atoms with Crippen LogP contribution in [0.2, 0.25) is 0 Å². The maximum atomic E-state index is 14.0. The highest BCUT2D eigenvalue weighted by molar-refractivity contribution is 7.81. The molecule has 2 atom stereocenters. The number of aromatic nitrogens is 3. The smallest absolute Gasteiger partial charge is 0.330 e. The Morgan fingerprint density at radius 2 is 1.97 bits per heavy atom. The van der Waals surface area contributed by atoms with E-state index in [9.17, 15) is 14.4 Å². The Bertz CT molecular complexity index is 1190. The van der Waals surface area contributed by atoms with Gasteiger partial charge in [-0.1, -0.05) is 19.9 Å². The molecule has 2 saturated heterocycles. The molecule has 0 aromatic carbocycles. The molecule has 10 nitrogen and oxygen atoms in total. The van der Waals surface area contributed by atoms with Crippen LogP contribution in [0.5, 0.6) is 0 Å². The number of aryl methyl sites for hydroxylation is 1. The number of carbonyl (C=O) groups excluding carboxylic acids is 3. The van der Waals surface area contributed by atoms with E-state index in [0.29, 0.717) is 36.8 Å². The van der Waals surface area contributed by atoms with Gasteiger partial charge in [-0.05, 0) is 37.8 Å². The summed E-state index contributed by atoms with van der Waals surface area (Å²) in [5.74, 6) is 0.212. The molecule has 1 saturated carbocycles. The van der Waals surface area contributed by atoms with E-state index in [4.69, 9.17) is 18.4 Å². The number of nitrogens with zero attached hydrogens (tertiary/aromatic N) is 6. The Morgan fingerprint density at radius 3 is 2.59 bits per heavy atom. The summed E-state index contributed by atoms with van der Waals surface area (Å²) in [6.07, 6.45) is 4.83. The summed E-state index contributed by atoms with van der Waals surface area (Å²) in [5, 5.41) is 4.76.